The Hall–Kier alpha value is -1.88. The van der Waals surface area contributed by atoms with Crippen LogP contribution in [0.15, 0.2) is 24.4 Å². The zero-order valence-electron chi connectivity index (χ0n) is 9.65. The van der Waals surface area contributed by atoms with Crippen LogP contribution in [0.25, 0.3) is 0 Å². The summed E-state index contributed by atoms with van der Waals surface area (Å²) >= 11 is 1.45. The van der Waals surface area contributed by atoms with Gasteiger partial charge in [0.05, 0.1) is 11.2 Å². The molecule has 0 saturated carbocycles. The Labute approximate surface area is 103 Å². The topological polar surface area (TPSA) is 68.0 Å². The molecule has 2 rings (SSSR count). The van der Waals surface area contributed by atoms with Crippen LogP contribution in [-0.2, 0) is 0 Å². The Morgan fingerprint density at radius 1 is 1.41 bits per heavy atom. The summed E-state index contributed by atoms with van der Waals surface area (Å²) in [6, 6.07) is 5.30. The van der Waals surface area contributed by atoms with E-state index in [2.05, 4.69) is 10.3 Å². The molecule has 0 spiro atoms. The Balaban J connectivity index is 2.22. The Bertz CT molecular complexity index is 563. The van der Waals surface area contributed by atoms with E-state index in [0.29, 0.717) is 11.3 Å². The number of aromatic nitrogens is 1. The average Bonchev–Trinajstić information content (AvgIpc) is 2.67. The molecule has 0 radical (unpaired) electrons. The number of hydrogen-bond donors (Lipinski definition) is 2. The molecule has 5 heteroatoms. The first-order chi connectivity index (χ1) is 8.06. The number of rotatable bonds is 2. The molecular weight excluding hydrogens is 234 g/mol. The molecule has 0 atom stereocenters. The maximum Gasteiger partial charge on any atom is 0.256 e. The number of nitrogens with one attached hydrogen (secondary N) is 1. The third-order valence-corrected chi connectivity index (χ3v) is 3.19. The van der Waals surface area contributed by atoms with Gasteiger partial charge in [0.15, 0.2) is 0 Å². The summed E-state index contributed by atoms with van der Waals surface area (Å²) in [5, 5.41) is 4.47. The molecule has 0 saturated heterocycles. The molecule has 0 unspecified atom stereocenters. The molecular formula is C12H13N3OS. The zero-order valence-corrected chi connectivity index (χ0v) is 10.5. The summed E-state index contributed by atoms with van der Waals surface area (Å²) in [4.78, 5) is 16.1. The van der Waals surface area contributed by atoms with E-state index in [4.69, 9.17) is 5.73 Å². The lowest BCUT2D eigenvalue weighted by Crippen LogP contribution is -2.12. The third-order valence-electron chi connectivity index (χ3n) is 2.36. The van der Waals surface area contributed by atoms with E-state index in [1.54, 1.807) is 18.3 Å². The van der Waals surface area contributed by atoms with Gasteiger partial charge in [-0.05, 0) is 31.5 Å². The molecule has 0 aliphatic heterocycles. The molecule has 4 nitrogen and oxygen atoms in total. The van der Waals surface area contributed by atoms with E-state index in [1.807, 2.05) is 19.9 Å². The van der Waals surface area contributed by atoms with Crippen molar-refractivity contribution < 1.29 is 4.79 Å². The lowest BCUT2D eigenvalue weighted by atomic mass is 10.1. The molecule has 1 aromatic heterocycles. The predicted molar refractivity (Wildman–Crippen MR) is 70.4 cm³/mol. The molecule has 0 aliphatic carbocycles. The van der Waals surface area contributed by atoms with Crippen molar-refractivity contribution in [3.8, 4) is 0 Å². The molecule has 88 valence electrons. The maximum absolute atomic E-state index is 12.0. The van der Waals surface area contributed by atoms with Gasteiger partial charge in [-0.1, -0.05) is 6.07 Å². The van der Waals surface area contributed by atoms with Crippen molar-refractivity contribution in [1.82, 2.24) is 4.98 Å². The van der Waals surface area contributed by atoms with E-state index < -0.39 is 0 Å². The highest BCUT2D eigenvalue weighted by molar-refractivity contribution is 7.15. The number of aryl methyl sites for hydroxylation is 2. The number of carbonyl (C=O) groups excluding carboxylic acids is 1. The van der Waals surface area contributed by atoms with E-state index >= 15 is 0 Å². The first-order valence-electron chi connectivity index (χ1n) is 5.16. The number of thiazole rings is 1. The van der Waals surface area contributed by atoms with Gasteiger partial charge in [0, 0.05) is 11.3 Å². The second-order valence-corrected chi connectivity index (χ2v) is 5.01. The van der Waals surface area contributed by atoms with Crippen molar-refractivity contribution >= 4 is 27.9 Å². The van der Waals surface area contributed by atoms with Crippen LogP contribution in [0.1, 0.15) is 20.9 Å². The van der Waals surface area contributed by atoms with Crippen molar-refractivity contribution in [3.63, 3.8) is 0 Å². The Morgan fingerprint density at radius 2 is 2.18 bits per heavy atom. The molecule has 1 aromatic carbocycles. The van der Waals surface area contributed by atoms with Crippen molar-refractivity contribution in [2.45, 2.75) is 13.8 Å². The molecule has 1 amide bonds. The fraction of sp³-hybridized carbons (Fsp3) is 0.167. The summed E-state index contributed by atoms with van der Waals surface area (Å²) in [7, 11) is 0. The first kappa shape index (κ1) is 11.6. The molecule has 2 aromatic rings. The fourth-order valence-corrected chi connectivity index (χ4v) is 2.16. The van der Waals surface area contributed by atoms with E-state index in [1.165, 1.54) is 11.3 Å². The molecule has 1 heterocycles. The van der Waals surface area contributed by atoms with Crippen LogP contribution in [0, 0.1) is 13.8 Å². The van der Waals surface area contributed by atoms with Crippen molar-refractivity contribution in [2.24, 2.45) is 0 Å². The summed E-state index contributed by atoms with van der Waals surface area (Å²) in [6.45, 7) is 3.78. The second kappa shape index (κ2) is 4.55. The number of benzene rings is 1. The highest BCUT2D eigenvalue weighted by Gasteiger charge is 2.10. The highest BCUT2D eigenvalue weighted by atomic mass is 32.1. The lowest BCUT2D eigenvalue weighted by Gasteiger charge is -2.06. The van der Waals surface area contributed by atoms with Crippen LogP contribution in [0.2, 0.25) is 0 Å². The van der Waals surface area contributed by atoms with E-state index in [9.17, 15) is 4.79 Å². The number of nitrogens with two attached hydrogens (primary N) is 1. The van der Waals surface area contributed by atoms with Crippen LogP contribution in [0.5, 0.6) is 0 Å². The standard InChI is InChI=1S/C12H13N3OS/c1-7-3-4-9(13)5-10(7)12(16)15-11-6-14-8(2)17-11/h3-6H,13H2,1-2H3,(H,15,16). The van der Waals surface area contributed by atoms with Gasteiger partial charge in [0.25, 0.3) is 5.91 Å². The normalized spacial score (nSPS) is 10.2. The predicted octanol–water partition coefficient (Wildman–Crippen LogP) is 2.59. The number of amides is 1. The van der Waals surface area contributed by atoms with Crippen molar-refractivity contribution in [2.75, 3.05) is 11.1 Å². The zero-order chi connectivity index (χ0) is 12.4. The minimum absolute atomic E-state index is 0.154. The van der Waals surface area contributed by atoms with Gasteiger partial charge in [-0.15, -0.1) is 11.3 Å². The van der Waals surface area contributed by atoms with Crippen LogP contribution < -0.4 is 11.1 Å². The number of nitrogens with zero attached hydrogens (tertiary/aromatic N) is 1. The monoisotopic (exact) mass is 247 g/mol. The summed E-state index contributed by atoms with van der Waals surface area (Å²) < 4.78 is 0. The van der Waals surface area contributed by atoms with Gasteiger partial charge in [-0.2, -0.15) is 0 Å². The number of nitrogen functional groups attached to an aromatic ring is 1. The van der Waals surface area contributed by atoms with Gasteiger partial charge in [0.2, 0.25) is 0 Å². The molecule has 0 bridgehead atoms. The van der Waals surface area contributed by atoms with Crippen molar-refractivity contribution in [3.05, 3.63) is 40.5 Å². The average molecular weight is 247 g/mol. The quantitative estimate of drug-likeness (QED) is 0.801. The third kappa shape index (κ3) is 2.62. The Morgan fingerprint density at radius 3 is 2.82 bits per heavy atom. The Kier molecular flexibility index (Phi) is 3.10. The van der Waals surface area contributed by atoms with E-state index in [-0.39, 0.29) is 5.91 Å². The summed E-state index contributed by atoms with van der Waals surface area (Å²) in [6.07, 6.45) is 1.65. The van der Waals surface area contributed by atoms with Crippen LogP contribution in [-0.4, -0.2) is 10.9 Å². The molecule has 0 fully saturated rings. The van der Waals surface area contributed by atoms with Crippen LogP contribution >= 0.6 is 11.3 Å². The minimum atomic E-state index is -0.154. The van der Waals surface area contributed by atoms with Gasteiger partial charge in [0.1, 0.15) is 5.00 Å². The fourth-order valence-electron chi connectivity index (χ4n) is 1.48. The second-order valence-electron chi connectivity index (χ2n) is 3.77. The SMILES string of the molecule is Cc1ncc(NC(=O)c2cc(N)ccc2C)s1. The maximum atomic E-state index is 12.0. The number of hydrogen-bond acceptors (Lipinski definition) is 4. The van der Waals surface area contributed by atoms with Gasteiger partial charge in [-0.25, -0.2) is 4.98 Å². The van der Waals surface area contributed by atoms with E-state index in [0.717, 1.165) is 15.6 Å². The molecule has 17 heavy (non-hydrogen) atoms. The minimum Gasteiger partial charge on any atom is -0.399 e. The summed E-state index contributed by atoms with van der Waals surface area (Å²) in [5.74, 6) is -0.154. The van der Waals surface area contributed by atoms with Crippen molar-refractivity contribution in [1.29, 1.82) is 0 Å². The first-order valence-corrected chi connectivity index (χ1v) is 5.98. The van der Waals surface area contributed by atoms with Crippen LogP contribution in [0.3, 0.4) is 0 Å². The summed E-state index contributed by atoms with van der Waals surface area (Å²) in [5.41, 5.74) is 7.75. The highest BCUT2D eigenvalue weighted by Crippen LogP contribution is 2.20. The number of anilines is 2. The smallest absolute Gasteiger partial charge is 0.256 e. The molecule has 0 aliphatic rings. The van der Waals surface area contributed by atoms with Crippen LogP contribution in [0.4, 0.5) is 10.7 Å². The largest absolute Gasteiger partial charge is 0.399 e. The van der Waals surface area contributed by atoms with Gasteiger partial charge in [-0.3, -0.25) is 4.79 Å². The number of carbonyl (C=O) groups is 1. The van der Waals surface area contributed by atoms with Gasteiger partial charge >= 0.3 is 0 Å². The molecule has 3 N–H and O–H groups in total. The lowest BCUT2D eigenvalue weighted by molar-refractivity contribution is 0.102. The van der Waals surface area contributed by atoms with Gasteiger partial charge < -0.3 is 11.1 Å².